The van der Waals surface area contributed by atoms with Gasteiger partial charge in [-0.1, -0.05) is 0 Å². The molecule has 66 valence electrons. The molecular formula is C6H13NO3S. The maximum absolute atomic E-state index is 11.2. The first-order chi connectivity index (χ1) is 5.17. The summed E-state index contributed by atoms with van der Waals surface area (Å²) < 4.78 is 22.3. The Morgan fingerprint density at radius 2 is 2.36 bits per heavy atom. The second kappa shape index (κ2) is 3.51. The van der Waals surface area contributed by atoms with Crippen LogP contribution in [-0.4, -0.2) is 33.1 Å². The Morgan fingerprint density at radius 3 is 2.82 bits per heavy atom. The zero-order chi connectivity index (χ0) is 8.32. The molecule has 1 unspecified atom stereocenters. The van der Waals surface area contributed by atoms with Crippen molar-refractivity contribution in [3.63, 3.8) is 0 Å². The monoisotopic (exact) mass is 179 g/mol. The van der Waals surface area contributed by atoms with Gasteiger partial charge in [0, 0.05) is 7.05 Å². The van der Waals surface area contributed by atoms with Crippen molar-refractivity contribution in [3.8, 4) is 0 Å². The van der Waals surface area contributed by atoms with Crippen molar-refractivity contribution in [3.05, 3.63) is 0 Å². The van der Waals surface area contributed by atoms with E-state index in [1.54, 1.807) is 7.05 Å². The summed E-state index contributed by atoms with van der Waals surface area (Å²) >= 11 is 0. The summed E-state index contributed by atoms with van der Waals surface area (Å²) in [7, 11) is -1.20. The van der Waals surface area contributed by atoms with E-state index in [4.69, 9.17) is 4.84 Å². The molecule has 4 nitrogen and oxygen atoms in total. The first kappa shape index (κ1) is 8.96. The number of rotatable bonds is 3. The lowest BCUT2D eigenvalue weighted by molar-refractivity contribution is 0.0578. The third-order valence-electron chi connectivity index (χ3n) is 1.88. The Bertz CT molecular complexity index is 212. The molecule has 0 amide bonds. The molecule has 0 aromatic rings. The highest BCUT2D eigenvalue weighted by molar-refractivity contribution is 7.92. The zero-order valence-electron chi connectivity index (χ0n) is 6.54. The molecule has 1 aliphatic heterocycles. The van der Waals surface area contributed by atoms with Gasteiger partial charge in [-0.25, -0.2) is 13.9 Å². The van der Waals surface area contributed by atoms with E-state index in [0.717, 1.165) is 12.8 Å². The lowest BCUT2D eigenvalue weighted by Crippen LogP contribution is -2.25. The fourth-order valence-corrected chi connectivity index (χ4v) is 2.93. The van der Waals surface area contributed by atoms with Crippen LogP contribution in [0.2, 0.25) is 0 Å². The normalized spacial score (nSPS) is 29.0. The average Bonchev–Trinajstić information content (AvgIpc) is 2.25. The predicted molar refractivity (Wildman–Crippen MR) is 41.8 cm³/mol. The smallest absolute Gasteiger partial charge is 0.155 e. The van der Waals surface area contributed by atoms with Crippen LogP contribution in [-0.2, 0) is 14.7 Å². The Labute approximate surface area is 66.8 Å². The summed E-state index contributed by atoms with van der Waals surface area (Å²) in [6, 6.07) is 0. The van der Waals surface area contributed by atoms with Gasteiger partial charge in [-0.3, -0.25) is 0 Å². The number of hydrogen-bond acceptors (Lipinski definition) is 4. The summed E-state index contributed by atoms with van der Waals surface area (Å²) in [5.74, 6) is 0.324. The fraction of sp³-hybridized carbons (Fsp3) is 1.00. The number of nitrogens with one attached hydrogen (secondary N) is 1. The Morgan fingerprint density at radius 1 is 1.64 bits per heavy atom. The van der Waals surface area contributed by atoms with E-state index in [1.807, 2.05) is 0 Å². The highest BCUT2D eigenvalue weighted by Crippen LogP contribution is 2.19. The summed E-state index contributed by atoms with van der Waals surface area (Å²) in [5.41, 5.74) is 2.47. The highest BCUT2D eigenvalue weighted by Gasteiger charge is 2.31. The number of hydrogen-bond donors (Lipinski definition) is 1. The molecule has 1 rings (SSSR count). The van der Waals surface area contributed by atoms with Crippen LogP contribution in [0.25, 0.3) is 0 Å². The van der Waals surface area contributed by atoms with E-state index in [-0.39, 0.29) is 11.9 Å². The number of sulfone groups is 1. The van der Waals surface area contributed by atoms with Crippen LogP contribution in [0.5, 0.6) is 0 Å². The van der Waals surface area contributed by atoms with Crippen LogP contribution in [0, 0.1) is 0 Å². The van der Waals surface area contributed by atoms with Crippen LogP contribution in [0.3, 0.4) is 0 Å². The summed E-state index contributed by atoms with van der Waals surface area (Å²) in [6.07, 6.45) is 1.52. The van der Waals surface area contributed by atoms with E-state index in [9.17, 15) is 8.42 Å². The van der Waals surface area contributed by atoms with Gasteiger partial charge in [-0.05, 0) is 12.8 Å². The Balaban J connectivity index is 2.45. The van der Waals surface area contributed by atoms with Crippen molar-refractivity contribution < 1.29 is 13.3 Å². The minimum absolute atomic E-state index is 0.277. The van der Waals surface area contributed by atoms with Crippen molar-refractivity contribution in [1.29, 1.82) is 0 Å². The molecule has 0 bridgehead atoms. The van der Waals surface area contributed by atoms with Crippen molar-refractivity contribution >= 4 is 9.84 Å². The fourth-order valence-electron chi connectivity index (χ4n) is 1.22. The van der Waals surface area contributed by atoms with Crippen molar-refractivity contribution in [2.45, 2.75) is 18.1 Å². The number of hydroxylamine groups is 1. The molecule has 0 radical (unpaired) electrons. The van der Waals surface area contributed by atoms with Crippen molar-refractivity contribution in [2.24, 2.45) is 0 Å². The minimum atomic E-state index is -2.82. The van der Waals surface area contributed by atoms with Crippen molar-refractivity contribution in [1.82, 2.24) is 5.48 Å². The zero-order valence-corrected chi connectivity index (χ0v) is 7.36. The minimum Gasteiger partial charge on any atom is -0.301 e. The Kier molecular flexibility index (Phi) is 2.86. The molecule has 0 spiro atoms. The van der Waals surface area contributed by atoms with E-state index >= 15 is 0 Å². The lowest BCUT2D eigenvalue weighted by atomic mass is 10.3. The van der Waals surface area contributed by atoms with Crippen LogP contribution in [0.4, 0.5) is 0 Å². The van der Waals surface area contributed by atoms with E-state index in [1.165, 1.54) is 0 Å². The first-order valence-electron chi connectivity index (χ1n) is 3.67. The van der Waals surface area contributed by atoms with Gasteiger partial charge in [0.15, 0.2) is 9.84 Å². The van der Waals surface area contributed by atoms with Crippen LogP contribution in [0.1, 0.15) is 12.8 Å². The van der Waals surface area contributed by atoms with E-state index in [2.05, 4.69) is 5.48 Å². The molecular weight excluding hydrogens is 166 g/mol. The molecule has 0 aromatic heterocycles. The summed E-state index contributed by atoms with van der Waals surface area (Å²) in [4.78, 5) is 4.82. The third-order valence-corrected chi connectivity index (χ3v) is 4.12. The molecule has 1 atom stereocenters. The molecule has 1 saturated heterocycles. The van der Waals surface area contributed by atoms with Gasteiger partial charge in [-0.2, -0.15) is 0 Å². The molecule has 1 heterocycles. The Hall–Kier alpha value is -0.130. The molecule has 0 saturated carbocycles. The molecule has 1 fully saturated rings. The molecule has 11 heavy (non-hydrogen) atoms. The SMILES string of the molecule is CNOCC1CCCS1(=O)=O. The summed E-state index contributed by atoms with van der Waals surface area (Å²) in [5, 5.41) is -0.282. The average molecular weight is 179 g/mol. The van der Waals surface area contributed by atoms with Crippen LogP contribution >= 0.6 is 0 Å². The summed E-state index contributed by atoms with van der Waals surface area (Å²) in [6.45, 7) is 0.277. The maximum atomic E-state index is 11.2. The molecule has 5 heteroatoms. The van der Waals surface area contributed by atoms with Gasteiger partial charge in [0.05, 0.1) is 17.6 Å². The standard InChI is InChI=1S/C6H13NO3S/c1-7-10-5-6-3-2-4-11(6,8)9/h6-7H,2-5H2,1H3. The third kappa shape index (κ3) is 2.15. The van der Waals surface area contributed by atoms with E-state index < -0.39 is 9.84 Å². The second-order valence-corrected chi connectivity index (χ2v) is 5.05. The van der Waals surface area contributed by atoms with Crippen LogP contribution in [0.15, 0.2) is 0 Å². The lowest BCUT2D eigenvalue weighted by Gasteiger charge is -2.07. The highest BCUT2D eigenvalue weighted by atomic mass is 32.2. The van der Waals surface area contributed by atoms with E-state index in [0.29, 0.717) is 5.75 Å². The van der Waals surface area contributed by atoms with Crippen LogP contribution < -0.4 is 5.48 Å². The largest absolute Gasteiger partial charge is 0.301 e. The van der Waals surface area contributed by atoms with Gasteiger partial charge >= 0.3 is 0 Å². The van der Waals surface area contributed by atoms with Gasteiger partial charge in [0.25, 0.3) is 0 Å². The van der Waals surface area contributed by atoms with Crippen molar-refractivity contribution in [2.75, 3.05) is 19.4 Å². The van der Waals surface area contributed by atoms with Gasteiger partial charge < -0.3 is 4.84 Å². The quantitative estimate of drug-likeness (QED) is 0.605. The molecule has 1 aliphatic rings. The van der Waals surface area contributed by atoms with Gasteiger partial charge in [-0.15, -0.1) is 0 Å². The van der Waals surface area contributed by atoms with Gasteiger partial charge in [0.1, 0.15) is 0 Å². The molecule has 0 aromatic carbocycles. The maximum Gasteiger partial charge on any atom is 0.155 e. The van der Waals surface area contributed by atoms with Gasteiger partial charge in [0.2, 0.25) is 0 Å². The topological polar surface area (TPSA) is 55.4 Å². The predicted octanol–water partition coefficient (Wildman–Crippen LogP) is -0.285. The second-order valence-electron chi connectivity index (χ2n) is 2.65. The first-order valence-corrected chi connectivity index (χ1v) is 5.38. The molecule has 1 N–H and O–H groups in total. The molecule has 0 aliphatic carbocycles.